The van der Waals surface area contributed by atoms with Gasteiger partial charge in [-0.25, -0.2) is 0 Å². The van der Waals surface area contributed by atoms with Crippen molar-refractivity contribution < 1.29 is 4.79 Å². The van der Waals surface area contributed by atoms with Gasteiger partial charge in [0.25, 0.3) is 0 Å². The average Bonchev–Trinajstić information content (AvgIpc) is 2.32. The molecule has 1 saturated carbocycles. The van der Waals surface area contributed by atoms with Crippen molar-refractivity contribution in [2.45, 2.75) is 78.3 Å². The predicted octanol–water partition coefficient (Wildman–Crippen LogP) is 3.08. The molecule has 1 aliphatic rings. The van der Waals surface area contributed by atoms with Gasteiger partial charge in [-0.1, -0.05) is 27.2 Å². The monoisotopic (exact) mass is 268 g/mol. The van der Waals surface area contributed by atoms with Gasteiger partial charge in [0.1, 0.15) is 0 Å². The molecule has 1 rings (SSSR count). The van der Waals surface area contributed by atoms with Crippen molar-refractivity contribution in [3.8, 4) is 0 Å². The lowest BCUT2D eigenvalue weighted by Gasteiger charge is -2.33. The highest BCUT2D eigenvalue weighted by Gasteiger charge is 2.27. The molecule has 3 N–H and O–H groups in total. The van der Waals surface area contributed by atoms with E-state index in [4.69, 9.17) is 5.73 Å². The van der Waals surface area contributed by atoms with Crippen LogP contribution in [0.15, 0.2) is 0 Å². The number of hydrogen-bond acceptors (Lipinski definition) is 2. The van der Waals surface area contributed by atoms with Gasteiger partial charge in [0.05, 0.1) is 0 Å². The van der Waals surface area contributed by atoms with Crippen molar-refractivity contribution in [2.24, 2.45) is 23.5 Å². The Hall–Kier alpha value is -0.570. The molecule has 0 bridgehead atoms. The van der Waals surface area contributed by atoms with Crippen LogP contribution in [0, 0.1) is 17.8 Å². The highest BCUT2D eigenvalue weighted by molar-refractivity contribution is 5.78. The molecule has 0 saturated heterocycles. The van der Waals surface area contributed by atoms with Gasteiger partial charge in [0.15, 0.2) is 0 Å². The van der Waals surface area contributed by atoms with E-state index in [2.05, 4.69) is 19.2 Å². The lowest BCUT2D eigenvalue weighted by atomic mass is 9.79. The molecule has 0 aromatic heterocycles. The Morgan fingerprint density at radius 2 is 1.95 bits per heavy atom. The molecule has 5 atom stereocenters. The molecule has 0 aromatic carbocycles. The Balaban J connectivity index is 2.29. The molecule has 19 heavy (non-hydrogen) atoms. The number of carbonyl (C=O) groups is 1. The van der Waals surface area contributed by atoms with Crippen molar-refractivity contribution in [1.82, 2.24) is 5.32 Å². The number of nitrogens with two attached hydrogens (primary N) is 1. The molecule has 5 unspecified atom stereocenters. The van der Waals surface area contributed by atoms with Gasteiger partial charge >= 0.3 is 0 Å². The summed E-state index contributed by atoms with van der Waals surface area (Å²) in [5.41, 5.74) is 5.73. The highest BCUT2D eigenvalue weighted by atomic mass is 16.1. The lowest BCUT2D eigenvalue weighted by Crippen LogP contribution is -2.44. The fraction of sp³-hybridized carbons (Fsp3) is 0.938. The molecule has 1 fully saturated rings. The third-order valence-electron chi connectivity index (χ3n) is 4.50. The maximum Gasteiger partial charge on any atom is 0.223 e. The molecule has 1 amide bonds. The third kappa shape index (κ3) is 5.94. The topological polar surface area (TPSA) is 55.1 Å². The van der Waals surface area contributed by atoms with Crippen molar-refractivity contribution in [1.29, 1.82) is 0 Å². The molecule has 0 aliphatic heterocycles. The molecule has 3 heteroatoms. The summed E-state index contributed by atoms with van der Waals surface area (Å²) in [5, 5.41) is 3.26. The van der Waals surface area contributed by atoms with E-state index in [1.165, 1.54) is 12.8 Å². The van der Waals surface area contributed by atoms with Crippen LogP contribution in [0.25, 0.3) is 0 Å². The van der Waals surface area contributed by atoms with E-state index in [0.29, 0.717) is 12.0 Å². The van der Waals surface area contributed by atoms with E-state index in [0.717, 1.165) is 31.6 Å². The second-order valence-electron chi connectivity index (χ2n) is 6.82. The quantitative estimate of drug-likeness (QED) is 0.778. The fourth-order valence-electron chi connectivity index (χ4n) is 3.08. The minimum Gasteiger partial charge on any atom is -0.353 e. The molecular formula is C16H32N2O. The smallest absolute Gasteiger partial charge is 0.223 e. The van der Waals surface area contributed by atoms with E-state index in [1.807, 2.05) is 13.8 Å². The van der Waals surface area contributed by atoms with Crippen LogP contribution in [0.3, 0.4) is 0 Å². The van der Waals surface area contributed by atoms with Crippen LogP contribution in [0.5, 0.6) is 0 Å². The van der Waals surface area contributed by atoms with Crippen LogP contribution >= 0.6 is 0 Å². The molecule has 3 nitrogen and oxygen atoms in total. The number of amides is 1. The first-order valence-corrected chi connectivity index (χ1v) is 7.96. The Kier molecular flexibility index (Phi) is 6.84. The Morgan fingerprint density at radius 3 is 2.53 bits per heavy atom. The van der Waals surface area contributed by atoms with Crippen LogP contribution in [0.1, 0.15) is 66.2 Å². The molecule has 0 heterocycles. The van der Waals surface area contributed by atoms with Gasteiger partial charge in [0.2, 0.25) is 5.91 Å². The first-order valence-electron chi connectivity index (χ1n) is 7.96. The number of rotatable bonds is 6. The molecule has 1 aliphatic carbocycles. The van der Waals surface area contributed by atoms with Crippen molar-refractivity contribution >= 4 is 5.91 Å². The summed E-state index contributed by atoms with van der Waals surface area (Å²) in [4.78, 5) is 12.2. The van der Waals surface area contributed by atoms with Gasteiger partial charge in [-0.3, -0.25) is 4.79 Å². The summed E-state index contributed by atoms with van der Waals surface area (Å²) in [5.74, 6) is 1.77. The number of nitrogens with one attached hydrogen (secondary N) is 1. The van der Waals surface area contributed by atoms with E-state index in [-0.39, 0.29) is 17.9 Å². The van der Waals surface area contributed by atoms with Gasteiger partial charge in [-0.15, -0.1) is 0 Å². The summed E-state index contributed by atoms with van der Waals surface area (Å²) < 4.78 is 0. The Bertz CT molecular complexity index is 278. The molecule has 0 aromatic rings. The fourth-order valence-corrected chi connectivity index (χ4v) is 3.08. The van der Waals surface area contributed by atoms with Crippen molar-refractivity contribution in [3.05, 3.63) is 0 Å². The minimum atomic E-state index is 0.116. The zero-order valence-electron chi connectivity index (χ0n) is 13.1. The van der Waals surface area contributed by atoms with Crippen molar-refractivity contribution in [3.63, 3.8) is 0 Å². The van der Waals surface area contributed by atoms with E-state index in [1.54, 1.807) is 0 Å². The van der Waals surface area contributed by atoms with Crippen LogP contribution < -0.4 is 11.1 Å². The summed E-state index contributed by atoms with van der Waals surface area (Å²) in [6.45, 7) is 8.63. The van der Waals surface area contributed by atoms with Crippen LogP contribution in [0.2, 0.25) is 0 Å². The number of carbonyl (C=O) groups excluding carboxylic acids is 1. The maximum absolute atomic E-state index is 12.2. The molecule has 112 valence electrons. The summed E-state index contributed by atoms with van der Waals surface area (Å²) in [6, 6.07) is 0.634. The predicted molar refractivity (Wildman–Crippen MR) is 80.8 cm³/mol. The van der Waals surface area contributed by atoms with Crippen LogP contribution in [-0.2, 0) is 4.79 Å². The summed E-state index contributed by atoms with van der Waals surface area (Å²) in [7, 11) is 0. The zero-order valence-corrected chi connectivity index (χ0v) is 13.1. The van der Waals surface area contributed by atoms with Gasteiger partial charge in [-0.05, 0) is 50.9 Å². The first-order chi connectivity index (χ1) is 8.90. The van der Waals surface area contributed by atoms with Crippen LogP contribution in [-0.4, -0.2) is 18.0 Å². The largest absolute Gasteiger partial charge is 0.353 e. The Morgan fingerprint density at radius 1 is 1.26 bits per heavy atom. The normalized spacial score (nSPS) is 30.7. The highest BCUT2D eigenvalue weighted by Crippen LogP contribution is 2.28. The summed E-state index contributed by atoms with van der Waals surface area (Å²) >= 11 is 0. The lowest BCUT2D eigenvalue weighted by molar-refractivity contribution is -0.126. The standard InChI is InChI=1S/C16H32N2O/c1-11-8-9-15(13(3)10-11)18-16(19)12(2)6-5-7-14(4)17/h11-15H,5-10,17H2,1-4H3,(H,18,19). The zero-order chi connectivity index (χ0) is 14.4. The molecule has 0 spiro atoms. The molecule has 0 radical (unpaired) electrons. The third-order valence-corrected chi connectivity index (χ3v) is 4.50. The molecular weight excluding hydrogens is 236 g/mol. The van der Waals surface area contributed by atoms with Gasteiger partial charge < -0.3 is 11.1 Å². The van der Waals surface area contributed by atoms with Gasteiger partial charge in [0, 0.05) is 18.0 Å². The maximum atomic E-state index is 12.2. The van der Waals surface area contributed by atoms with Gasteiger partial charge in [-0.2, -0.15) is 0 Å². The summed E-state index contributed by atoms with van der Waals surface area (Å²) in [6.07, 6.45) is 6.63. The minimum absolute atomic E-state index is 0.116. The van der Waals surface area contributed by atoms with E-state index < -0.39 is 0 Å². The Labute approximate surface area is 118 Å². The average molecular weight is 268 g/mol. The SMILES string of the molecule is CC(N)CCCC(C)C(=O)NC1CCC(C)CC1C. The van der Waals surface area contributed by atoms with Crippen LogP contribution in [0.4, 0.5) is 0 Å². The van der Waals surface area contributed by atoms with Crippen molar-refractivity contribution in [2.75, 3.05) is 0 Å². The number of hydrogen-bond donors (Lipinski definition) is 2. The second-order valence-corrected chi connectivity index (χ2v) is 6.82. The second kappa shape index (κ2) is 7.88. The van der Waals surface area contributed by atoms with E-state index in [9.17, 15) is 4.79 Å². The van der Waals surface area contributed by atoms with E-state index >= 15 is 0 Å². The first kappa shape index (κ1) is 16.5.